The standard InChI is InChI=1S/C29H28F3N3O4/c30-29(31,32)23-14-7-11-21(17-23)18-35(25(26(33)36)22-12-5-2-6-13-22)27(37)24-15-8-16-34(24)28(38)39-19-20-9-3-1-4-10-20/h1-7,9-14,17,24-25H,8,15-16,18-19H2,(H2,33,36)/t24-,25+/m0/s1. The lowest BCUT2D eigenvalue weighted by Gasteiger charge is -2.34. The molecular formula is C29H28F3N3O4. The lowest BCUT2D eigenvalue weighted by atomic mass is 10.0. The molecule has 2 N–H and O–H groups in total. The highest BCUT2D eigenvalue weighted by atomic mass is 19.4. The maximum atomic E-state index is 14.0. The molecule has 3 aromatic carbocycles. The van der Waals surface area contributed by atoms with Gasteiger partial charge in [0, 0.05) is 13.1 Å². The van der Waals surface area contributed by atoms with Crippen LogP contribution in [0.25, 0.3) is 0 Å². The van der Waals surface area contributed by atoms with Gasteiger partial charge in [-0.1, -0.05) is 72.8 Å². The van der Waals surface area contributed by atoms with Gasteiger partial charge in [-0.3, -0.25) is 14.5 Å². The first kappa shape index (κ1) is 27.7. The Morgan fingerprint density at radius 2 is 1.59 bits per heavy atom. The van der Waals surface area contributed by atoms with Gasteiger partial charge in [-0.25, -0.2) is 4.79 Å². The molecule has 2 atom stereocenters. The Bertz CT molecular complexity index is 1300. The van der Waals surface area contributed by atoms with Gasteiger partial charge in [-0.2, -0.15) is 13.2 Å². The second kappa shape index (κ2) is 12.0. The Kier molecular flexibility index (Phi) is 8.53. The number of carbonyl (C=O) groups is 3. The maximum Gasteiger partial charge on any atom is 0.416 e. The van der Waals surface area contributed by atoms with Gasteiger partial charge in [-0.15, -0.1) is 0 Å². The summed E-state index contributed by atoms with van der Waals surface area (Å²) in [6.07, 6.45) is -4.46. The second-order valence-corrected chi connectivity index (χ2v) is 9.27. The van der Waals surface area contributed by atoms with Crippen LogP contribution in [0.5, 0.6) is 0 Å². The van der Waals surface area contributed by atoms with Crippen LogP contribution in [0.3, 0.4) is 0 Å². The van der Waals surface area contributed by atoms with E-state index in [9.17, 15) is 27.6 Å². The van der Waals surface area contributed by atoms with Crippen LogP contribution >= 0.6 is 0 Å². The van der Waals surface area contributed by atoms with E-state index in [4.69, 9.17) is 10.5 Å². The van der Waals surface area contributed by atoms with Crippen molar-refractivity contribution in [1.82, 2.24) is 9.80 Å². The average molecular weight is 540 g/mol. The van der Waals surface area contributed by atoms with E-state index in [-0.39, 0.29) is 25.3 Å². The molecule has 10 heteroatoms. The summed E-state index contributed by atoms with van der Waals surface area (Å²) in [6.45, 7) is -0.0539. The minimum Gasteiger partial charge on any atom is -0.445 e. The van der Waals surface area contributed by atoms with Crippen molar-refractivity contribution in [2.45, 2.75) is 44.3 Å². The third-order valence-electron chi connectivity index (χ3n) is 6.56. The number of nitrogens with two attached hydrogens (primary N) is 1. The average Bonchev–Trinajstić information content (AvgIpc) is 3.42. The van der Waals surface area contributed by atoms with Crippen molar-refractivity contribution >= 4 is 17.9 Å². The molecule has 0 spiro atoms. The number of ether oxygens (including phenoxy) is 1. The zero-order chi connectivity index (χ0) is 28.0. The quantitative estimate of drug-likeness (QED) is 0.433. The van der Waals surface area contributed by atoms with Gasteiger partial charge in [0.05, 0.1) is 5.56 Å². The van der Waals surface area contributed by atoms with Gasteiger partial charge in [-0.05, 0) is 41.7 Å². The van der Waals surface area contributed by atoms with Crippen molar-refractivity contribution in [2.24, 2.45) is 5.73 Å². The third kappa shape index (κ3) is 6.76. The fourth-order valence-electron chi connectivity index (χ4n) is 4.71. The van der Waals surface area contributed by atoms with Crippen LogP contribution < -0.4 is 5.73 Å². The predicted octanol–water partition coefficient (Wildman–Crippen LogP) is 5.06. The zero-order valence-corrected chi connectivity index (χ0v) is 21.0. The zero-order valence-electron chi connectivity index (χ0n) is 21.0. The number of rotatable bonds is 8. The molecule has 0 bridgehead atoms. The normalized spacial score (nSPS) is 16.0. The molecule has 7 nitrogen and oxygen atoms in total. The number of hydrogen-bond acceptors (Lipinski definition) is 4. The van der Waals surface area contributed by atoms with Crippen LogP contribution in [0.4, 0.5) is 18.0 Å². The maximum absolute atomic E-state index is 14.0. The van der Waals surface area contributed by atoms with Gasteiger partial charge in [0.15, 0.2) is 0 Å². The summed E-state index contributed by atoms with van der Waals surface area (Å²) in [5.74, 6) is -1.45. The molecular weight excluding hydrogens is 511 g/mol. The number of primary amides is 1. The summed E-state index contributed by atoms with van der Waals surface area (Å²) in [5.41, 5.74) is 6.21. The summed E-state index contributed by atoms with van der Waals surface area (Å²) >= 11 is 0. The number of amides is 3. The molecule has 0 aliphatic carbocycles. The molecule has 39 heavy (non-hydrogen) atoms. The molecule has 4 rings (SSSR count). The van der Waals surface area contributed by atoms with E-state index in [1.165, 1.54) is 17.0 Å². The first-order chi connectivity index (χ1) is 18.6. The molecule has 0 unspecified atom stereocenters. The van der Waals surface area contributed by atoms with Crippen molar-refractivity contribution in [3.05, 3.63) is 107 Å². The first-order valence-electron chi connectivity index (χ1n) is 12.4. The number of benzene rings is 3. The largest absolute Gasteiger partial charge is 0.445 e. The summed E-state index contributed by atoms with van der Waals surface area (Å²) in [5, 5.41) is 0. The summed E-state index contributed by atoms with van der Waals surface area (Å²) in [7, 11) is 0. The molecule has 1 aliphatic heterocycles. The number of alkyl halides is 3. The summed E-state index contributed by atoms with van der Waals surface area (Å²) in [4.78, 5) is 42.1. The van der Waals surface area contributed by atoms with E-state index in [2.05, 4.69) is 0 Å². The molecule has 3 amide bonds. The number of likely N-dealkylation sites (tertiary alicyclic amines) is 1. The number of hydrogen-bond donors (Lipinski definition) is 1. The Morgan fingerprint density at radius 3 is 2.23 bits per heavy atom. The van der Waals surface area contributed by atoms with Crippen LogP contribution in [-0.2, 0) is 33.7 Å². The third-order valence-corrected chi connectivity index (χ3v) is 6.56. The number of halogens is 3. The fraction of sp³-hybridized carbons (Fsp3) is 0.276. The predicted molar refractivity (Wildman–Crippen MR) is 137 cm³/mol. The van der Waals surface area contributed by atoms with E-state index in [0.717, 1.165) is 22.6 Å². The topological polar surface area (TPSA) is 92.9 Å². The summed E-state index contributed by atoms with van der Waals surface area (Å²) < 4.78 is 45.6. The van der Waals surface area contributed by atoms with Gasteiger partial charge in [0.1, 0.15) is 18.7 Å². The smallest absolute Gasteiger partial charge is 0.416 e. The van der Waals surface area contributed by atoms with E-state index < -0.39 is 41.7 Å². The molecule has 3 aromatic rings. The Balaban J connectivity index is 1.63. The number of nitrogens with zero attached hydrogens (tertiary/aromatic N) is 2. The van der Waals surface area contributed by atoms with Crippen LogP contribution in [0.15, 0.2) is 84.9 Å². The Morgan fingerprint density at radius 1 is 0.949 bits per heavy atom. The number of carbonyl (C=O) groups excluding carboxylic acids is 3. The van der Waals surface area contributed by atoms with Gasteiger partial charge >= 0.3 is 12.3 Å². The molecule has 1 fully saturated rings. The van der Waals surface area contributed by atoms with Crippen molar-refractivity contribution in [3.63, 3.8) is 0 Å². The van der Waals surface area contributed by atoms with Crippen LogP contribution in [0.2, 0.25) is 0 Å². The monoisotopic (exact) mass is 539 g/mol. The molecule has 1 saturated heterocycles. The SMILES string of the molecule is NC(=O)[C@@H](c1ccccc1)N(Cc1cccc(C(F)(F)F)c1)C(=O)[C@@H]1CCCN1C(=O)OCc1ccccc1. The van der Waals surface area contributed by atoms with Gasteiger partial charge in [0.2, 0.25) is 11.8 Å². The highest BCUT2D eigenvalue weighted by molar-refractivity contribution is 5.91. The van der Waals surface area contributed by atoms with E-state index in [1.54, 1.807) is 42.5 Å². The first-order valence-corrected chi connectivity index (χ1v) is 12.4. The molecule has 0 radical (unpaired) electrons. The van der Waals surface area contributed by atoms with Gasteiger partial charge < -0.3 is 15.4 Å². The molecule has 1 aliphatic rings. The van der Waals surface area contributed by atoms with Crippen molar-refractivity contribution in [1.29, 1.82) is 0 Å². The molecule has 0 saturated carbocycles. The molecule has 1 heterocycles. The lowest BCUT2D eigenvalue weighted by molar-refractivity contribution is -0.143. The highest BCUT2D eigenvalue weighted by Crippen LogP contribution is 2.32. The Labute approximate surface area is 224 Å². The highest BCUT2D eigenvalue weighted by Gasteiger charge is 2.41. The van der Waals surface area contributed by atoms with Crippen molar-refractivity contribution < 1.29 is 32.3 Å². The minimum atomic E-state index is -4.59. The molecule has 204 valence electrons. The summed E-state index contributed by atoms with van der Waals surface area (Å²) in [6, 6.07) is 19.7. The Hall–Kier alpha value is -4.34. The molecule has 0 aromatic heterocycles. The van der Waals surface area contributed by atoms with E-state index in [1.807, 2.05) is 18.2 Å². The van der Waals surface area contributed by atoms with E-state index in [0.29, 0.717) is 18.4 Å². The van der Waals surface area contributed by atoms with Crippen LogP contribution in [0.1, 0.15) is 41.1 Å². The van der Waals surface area contributed by atoms with Gasteiger partial charge in [0.25, 0.3) is 0 Å². The van der Waals surface area contributed by atoms with Crippen LogP contribution in [0, 0.1) is 0 Å². The lowest BCUT2D eigenvalue weighted by Crippen LogP contribution is -2.51. The second-order valence-electron chi connectivity index (χ2n) is 9.27. The van der Waals surface area contributed by atoms with Crippen molar-refractivity contribution in [2.75, 3.05) is 6.54 Å². The van der Waals surface area contributed by atoms with E-state index >= 15 is 0 Å². The fourth-order valence-corrected chi connectivity index (χ4v) is 4.71. The van der Waals surface area contributed by atoms with Crippen LogP contribution in [-0.4, -0.2) is 40.3 Å². The van der Waals surface area contributed by atoms with Crippen molar-refractivity contribution in [3.8, 4) is 0 Å². The minimum absolute atomic E-state index is 0.0129.